The van der Waals surface area contributed by atoms with Crippen molar-refractivity contribution in [1.29, 1.82) is 0 Å². The van der Waals surface area contributed by atoms with E-state index < -0.39 is 11.4 Å². The summed E-state index contributed by atoms with van der Waals surface area (Å²) in [6.07, 6.45) is 0. The first-order valence-corrected chi connectivity index (χ1v) is 7.49. The summed E-state index contributed by atoms with van der Waals surface area (Å²) in [6, 6.07) is 14.6. The number of nitrogens with one attached hydrogen (secondary N) is 1. The van der Waals surface area contributed by atoms with Crippen molar-refractivity contribution in [2.75, 3.05) is 6.54 Å². The number of carbonyl (C=O) groups is 2. The normalized spacial score (nSPS) is 13.2. The molecule has 0 aliphatic heterocycles. The molecule has 0 spiro atoms. The third-order valence-electron chi connectivity index (χ3n) is 4.19. The average Bonchev–Trinajstić information content (AvgIpc) is 2.53. The smallest absolute Gasteiger partial charge is 0.315 e. The number of carbonyl (C=O) groups excluding carboxylic acids is 1. The van der Waals surface area contributed by atoms with E-state index in [-0.39, 0.29) is 12.5 Å². The zero-order valence-electron chi connectivity index (χ0n) is 13.6. The largest absolute Gasteiger partial charge is 0.481 e. The van der Waals surface area contributed by atoms with E-state index in [4.69, 9.17) is 0 Å². The number of aliphatic carboxylic acids is 1. The number of benzene rings is 2. The molecule has 0 radical (unpaired) electrons. The maximum absolute atomic E-state index is 12.5. The fraction of sp³-hybridized carbons (Fsp3) is 0.263. The van der Waals surface area contributed by atoms with Crippen molar-refractivity contribution in [3.63, 3.8) is 0 Å². The second kappa shape index (κ2) is 6.65. The van der Waals surface area contributed by atoms with E-state index in [1.165, 1.54) is 0 Å². The Hall–Kier alpha value is -2.62. The lowest BCUT2D eigenvalue weighted by atomic mass is 9.82. The summed E-state index contributed by atoms with van der Waals surface area (Å²) < 4.78 is 0. The van der Waals surface area contributed by atoms with Gasteiger partial charge in [-0.1, -0.05) is 48.5 Å². The van der Waals surface area contributed by atoms with Crippen LogP contribution >= 0.6 is 0 Å². The van der Waals surface area contributed by atoms with E-state index >= 15 is 0 Å². The summed E-state index contributed by atoms with van der Waals surface area (Å²) in [5, 5.41) is 12.4. The van der Waals surface area contributed by atoms with Crippen molar-refractivity contribution in [3.8, 4) is 0 Å². The van der Waals surface area contributed by atoms with Gasteiger partial charge in [0.15, 0.2) is 0 Å². The van der Waals surface area contributed by atoms with E-state index in [0.29, 0.717) is 11.1 Å². The van der Waals surface area contributed by atoms with Gasteiger partial charge in [-0.2, -0.15) is 0 Å². The summed E-state index contributed by atoms with van der Waals surface area (Å²) in [7, 11) is 0. The molecule has 0 saturated heterocycles. The van der Waals surface area contributed by atoms with Crippen LogP contribution in [0.15, 0.2) is 48.5 Å². The minimum absolute atomic E-state index is 0.0267. The zero-order valence-corrected chi connectivity index (χ0v) is 13.6. The topological polar surface area (TPSA) is 66.4 Å². The van der Waals surface area contributed by atoms with E-state index in [9.17, 15) is 14.7 Å². The molecular formula is C19H21NO3. The molecule has 23 heavy (non-hydrogen) atoms. The molecule has 0 aliphatic carbocycles. The highest BCUT2D eigenvalue weighted by atomic mass is 16.4. The van der Waals surface area contributed by atoms with Crippen LogP contribution in [0.4, 0.5) is 0 Å². The molecule has 1 amide bonds. The predicted molar refractivity (Wildman–Crippen MR) is 89.7 cm³/mol. The Kier molecular flexibility index (Phi) is 4.84. The van der Waals surface area contributed by atoms with Crippen LogP contribution in [-0.4, -0.2) is 23.5 Å². The van der Waals surface area contributed by atoms with Gasteiger partial charge in [-0.15, -0.1) is 0 Å². The number of hydrogen-bond donors (Lipinski definition) is 2. The van der Waals surface area contributed by atoms with E-state index in [1.54, 1.807) is 31.2 Å². The molecule has 1 unspecified atom stereocenters. The number of aryl methyl sites for hydroxylation is 2. The minimum Gasteiger partial charge on any atom is -0.481 e. The van der Waals surface area contributed by atoms with Gasteiger partial charge < -0.3 is 10.4 Å². The SMILES string of the molecule is Cc1cccc(C)c1C(=O)NCC(C)(C(=O)O)c1ccccc1. The van der Waals surface area contributed by atoms with Gasteiger partial charge in [0, 0.05) is 12.1 Å². The van der Waals surface area contributed by atoms with Gasteiger partial charge in [-0.05, 0) is 37.5 Å². The van der Waals surface area contributed by atoms with Crippen LogP contribution in [0.25, 0.3) is 0 Å². The molecule has 0 aliphatic rings. The molecule has 0 bridgehead atoms. The van der Waals surface area contributed by atoms with Crippen LogP contribution in [0.3, 0.4) is 0 Å². The summed E-state index contributed by atoms with van der Waals surface area (Å²) in [5.41, 5.74) is 1.84. The maximum Gasteiger partial charge on any atom is 0.315 e. The summed E-state index contributed by atoms with van der Waals surface area (Å²) in [5.74, 6) is -1.21. The molecule has 4 heteroatoms. The van der Waals surface area contributed by atoms with Crippen molar-refractivity contribution >= 4 is 11.9 Å². The third-order valence-corrected chi connectivity index (χ3v) is 4.19. The summed E-state index contributed by atoms with van der Waals surface area (Å²) in [6.45, 7) is 5.39. The average molecular weight is 311 g/mol. The van der Waals surface area contributed by atoms with Crippen molar-refractivity contribution in [3.05, 3.63) is 70.8 Å². The Morgan fingerprint density at radius 1 is 1.00 bits per heavy atom. The molecule has 2 aromatic rings. The molecule has 2 aromatic carbocycles. The number of hydrogen-bond acceptors (Lipinski definition) is 2. The highest BCUT2D eigenvalue weighted by Crippen LogP contribution is 2.23. The third kappa shape index (κ3) is 3.42. The highest BCUT2D eigenvalue weighted by molar-refractivity contribution is 5.97. The monoisotopic (exact) mass is 311 g/mol. The molecule has 4 nitrogen and oxygen atoms in total. The van der Waals surface area contributed by atoms with Gasteiger partial charge in [-0.3, -0.25) is 9.59 Å². The van der Waals surface area contributed by atoms with Gasteiger partial charge >= 0.3 is 5.97 Å². The van der Waals surface area contributed by atoms with Gasteiger partial charge in [0.1, 0.15) is 5.41 Å². The Balaban J connectivity index is 2.23. The Bertz CT molecular complexity index is 704. The molecule has 120 valence electrons. The predicted octanol–water partition coefficient (Wildman–Crippen LogP) is 3.08. The first-order valence-electron chi connectivity index (χ1n) is 7.49. The lowest BCUT2D eigenvalue weighted by molar-refractivity contribution is -0.142. The van der Waals surface area contributed by atoms with Crippen LogP contribution in [0.2, 0.25) is 0 Å². The van der Waals surface area contributed by atoms with Gasteiger partial charge in [0.05, 0.1) is 0 Å². The lowest BCUT2D eigenvalue weighted by Gasteiger charge is -2.26. The first kappa shape index (κ1) is 16.7. The molecule has 2 rings (SSSR count). The van der Waals surface area contributed by atoms with Crippen LogP contribution in [0.1, 0.15) is 34.0 Å². The first-order chi connectivity index (χ1) is 10.9. The molecule has 0 aromatic heterocycles. The fourth-order valence-electron chi connectivity index (χ4n) is 2.63. The van der Waals surface area contributed by atoms with Crippen molar-refractivity contribution in [2.45, 2.75) is 26.2 Å². The second-order valence-corrected chi connectivity index (χ2v) is 5.95. The number of carboxylic acid groups (broad SMARTS) is 1. The van der Waals surface area contributed by atoms with Gasteiger partial charge in [0.25, 0.3) is 5.91 Å². The van der Waals surface area contributed by atoms with Gasteiger partial charge in [-0.25, -0.2) is 0 Å². The van der Waals surface area contributed by atoms with E-state index in [2.05, 4.69) is 5.32 Å². The molecule has 2 N–H and O–H groups in total. The van der Waals surface area contributed by atoms with Crippen molar-refractivity contribution in [1.82, 2.24) is 5.32 Å². The standard InChI is InChI=1S/C19H21NO3/c1-13-8-7-9-14(2)16(13)17(21)20-12-19(3,18(22)23)15-10-5-4-6-11-15/h4-11H,12H2,1-3H3,(H,20,21)(H,22,23). The Morgan fingerprint density at radius 3 is 2.09 bits per heavy atom. The maximum atomic E-state index is 12.5. The highest BCUT2D eigenvalue weighted by Gasteiger charge is 2.35. The number of carboxylic acids is 1. The summed E-state index contributed by atoms with van der Waals surface area (Å²) >= 11 is 0. The Labute approximate surface area is 136 Å². The quantitative estimate of drug-likeness (QED) is 0.892. The molecule has 0 saturated carbocycles. The minimum atomic E-state index is -1.17. The Morgan fingerprint density at radius 2 is 1.57 bits per heavy atom. The van der Waals surface area contributed by atoms with Crippen molar-refractivity contribution < 1.29 is 14.7 Å². The van der Waals surface area contributed by atoms with Crippen LogP contribution in [-0.2, 0) is 10.2 Å². The zero-order chi connectivity index (χ0) is 17.0. The van der Waals surface area contributed by atoms with E-state index in [0.717, 1.165) is 11.1 Å². The van der Waals surface area contributed by atoms with Crippen LogP contribution in [0.5, 0.6) is 0 Å². The van der Waals surface area contributed by atoms with Gasteiger partial charge in [0.2, 0.25) is 0 Å². The number of rotatable bonds is 5. The van der Waals surface area contributed by atoms with Crippen LogP contribution < -0.4 is 5.32 Å². The molecular weight excluding hydrogens is 290 g/mol. The number of amides is 1. The molecule has 0 heterocycles. The van der Waals surface area contributed by atoms with Crippen molar-refractivity contribution in [2.24, 2.45) is 0 Å². The van der Waals surface area contributed by atoms with Crippen LogP contribution in [0, 0.1) is 13.8 Å². The summed E-state index contributed by atoms with van der Waals surface area (Å²) in [4.78, 5) is 24.2. The second-order valence-electron chi connectivity index (χ2n) is 5.95. The lowest BCUT2D eigenvalue weighted by Crippen LogP contribution is -2.44. The fourth-order valence-corrected chi connectivity index (χ4v) is 2.63. The van der Waals surface area contributed by atoms with E-state index in [1.807, 2.05) is 38.1 Å². The molecule has 0 fully saturated rings. The molecule has 1 atom stereocenters.